The highest BCUT2D eigenvalue weighted by Crippen LogP contribution is 2.20. The predicted molar refractivity (Wildman–Crippen MR) is 75.2 cm³/mol. The van der Waals surface area contributed by atoms with E-state index in [-0.39, 0.29) is 5.16 Å². The summed E-state index contributed by atoms with van der Waals surface area (Å²) < 4.78 is 25.3. The smallest absolute Gasteiger partial charge is 0.273 e. The average Bonchev–Trinajstić information content (AvgIpc) is 2.73. The Morgan fingerprint density at radius 1 is 1.28 bits per heavy atom. The second kappa shape index (κ2) is 4.94. The van der Waals surface area contributed by atoms with Gasteiger partial charge in [-0.1, -0.05) is 12.1 Å². The van der Waals surface area contributed by atoms with Crippen molar-refractivity contribution in [1.82, 2.24) is 14.8 Å². The Bertz CT molecular complexity index is 664. The SMILES string of the molecule is CCn1c(-c2ccc(I)cc2)nnc1S(N)(=O)=O. The van der Waals surface area contributed by atoms with Crippen molar-refractivity contribution in [2.45, 2.75) is 18.6 Å². The summed E-state index contributed by atoms with van der Waals surface area (Å²) in [5, 5.41) is 12.4. The molecule has 1 aromatic carbocycles. The van der Waals surface area contributed by atoms with E-state index in [4.69, 9.17) is 5.14 Å². The molecule has 0 saturated carbocycles. The average molecular weight is 378 g/mol. The van der Waals surface area contributed by atoms with Crippen LogP contribution in [-0.2, 0) is 16.6 Å². The van der Waals surface area contributed by atoms with E-state index in [9.17, 15) is 8.42 Å². The molecule has 0 fully saturated rings. The first-order valence-corrected chi connectivity index (χ1v) is 7.78. The number of nitrogens with zero attached hydrogens (tertiary/aromatic N) is 3. The van der Waals surface area contributed by atoms with Gasteiger partial charge in [-0.05, 0) is 41.6 Å². The summed E-state index contributed by atoms with van der Waals surface area (Å²) in [5.74, 6) is 0.498. The molecule has 2 rings (SSSR count). The van der Waals surface area contributed by atoms with Gasteiger partial charge in [0, 0.05) is 15.7 Å². The molecule has 1 aromatic heterocycles. The fourth-order valence-electron chi connectivity index (χ4n) is 1.60. The molecule has 0 atom stereocenters. The second-order valence-corrected chi connectivity index (χ2v) is 6.30. The van der Waals surface area contributed by atoms with E-state index >= 15 is 0 Å². The molecule has 0 amide bonds. The number of benzene rings is 1. The van der Waals surface area contributed by atoms with E-state index in [1.54, 1.807) is 0 Å². The lowest BCUT2D eigenvalue weighted by molar-refractivity contribution is 0.571. The third-order valence-electron chi connectivity index (χ3n) is 2.39. The first-order valence-electron chi connectivity index (χ1n) is 5.15. The topological polar surface area (TPSA) is 90.9 Å². The van der Waals surface area contributed by atoms with E-state index in [2.05, 4.69) is 32.8 Å². The monoisotopic (exact) mass is 378 g/mol. The zero-order valence-corrected chi connectivity index (χ0v) is 12.5. The summed E-state index contributed by atoms with van der Waals surface area (Å²) in [6, 6.07) is 7.57. The van der Waals surface area contributed by atoms with Crippen molar-refractivity contribution in [3.8, 4) is 11.4 Å². The van der Waals surface area contributed by atoms with Crippen LogP contribution in [0.1, 0.15) is 6.92 Å². The highest BCUT2D eigenvalue weighted by molar-refractivity contribution is 14.1. The quantitative estimate of drug-likeness (QED) is 0.814. The van der Waals surface area contributed by atoms with E-state index in [1.807, 2.05) is 31.2 Å². The Kier molecular flexibility index (Phi) is 3.69. The van der Waals surface area contributed by atoms with E-state index in [0.29, 0.717) is 12.4 Å². The number of hydrogen-bond acceptors (Lipinski definition) is 4. The normalized spacial score (nSPS) is 11.7. The van der Waals surface area contributed by atoms with Gasteiger partial charge >= 0.3 is 0 Å². The number of primary sulfonamides is 1. The Balaban J connectivity index is 2.59. The van der Waals surface area contributed by atoms with Crippen LogP contribution in [0.15, 0.2) is 29.4 Å². The predicted octanol–water partition coefficient (Wildman–Crippen LogP) is 1.22. The molecule has 1 heterocycles. The van der Waals surface area contributed by atoms with Gasteiger partial charge in [-0.2, -0.15) is 0 Å². The van der Waals surface area contributed by atoms with Gasteiger partial charge in [0.2, 0.25) is 0 Å². The van der Waals surface area contributed by atoms with E-state index in [0.717, 1.165) is 9.13 Å². The molecule has 0 saturated heterocycles. The van der Waals surface area contributed by atoms with Crippen molar-refractivity contribution < 1.29 is 8.42 Å². The summed E-state index contributed by atoms with van der Waals surface area (Å²) in [4.78, 5) is 0. The van der Waals surface area contributed by atoms with Crippen LogP contribution >= 0.6 is 22.6 Å². The molecule has 96 valence electrons. The zero-order chi connectivity index (χ0) is 13.3. The lowest BCUT2D eigenvalue weighted by Gasteiger charge is -2.06. The minimum absolute atomic E-state index is 0.210. The lowest BCUT2D eigenvalue weighted by Crippen LogP contribution is -2.18. The molecule has 0 spiro atoms. The van der Waals surface area contributed by atoms with Gasteiger partial charge in [-0.15, -0.1) is 10.2 Å². The molecule has 0 aliphatic heterocycles. The maximum Gasteiger partial charge on any atom is 0.273 e. The van der Waals surface area contributed by atoms with E-state index < -0.39 is 10.0 Å². The Hall–Kier alpha value is -1.00. The van der Waals surface area contributed by atoms with Gasteiger partial charge in [-0.3, -0.25) is 4.57 Å². The van der Waals surface area contributed by atoms with Gasteiger partial charge in [0.25, 0.3) is 15.2 Å². The largest absolute Gasteiger partial charge is 0.297 e. The fraction of sp³-hybridized carbons (Fsp3) is 0.200. The van der Waals surface area contributed by atoms with Crippen LogP contribution in [0.2, 0.25) is 0 Å². The van der Waals surface area contributed by atoms with Crippen LogP contribution in [0.4, 0.5) is 0 Å². The zero-order valence-electron chi connectivity index (χ0n) is 9.54. The third-order valence-corrected chi connectivity index (χ3v) is 3.92. The van der Waals surface area contributed by atoms with Crippen LogP contribution in [0.5, 0.6) is 0 Å². The van der Waals surface area contributed by atoms with Crippen LogP contribution in [-0.4, -0.2) is 23.2 Å². The standard InChI is InChI=1S/C10H11IN4O2S/c1-2-15-9(7-3-5-8(11)6-4-7)13-14-10(15)18(12,16)17/h3-6H,2H2,1H3,(H2,12,16,17). The maximum absolute atomic E-state index is 11.4. The molecule has 0 aliphatic carbocycles. The number of aromatic nitrogens is 3. The lowest BCUT2D eigenvalue weighted by atomic mass is 10.2. The summed E-state index contributed by atoms with van der Waals surface area (Å²) in [7, 11) is -3.85. The van der Waals surface area contributed by atoms with Gasteiger partial charge < -0.3 is 0 Å². The van der Waals surface area contributed by atoms with Crippen LogP contribution in [0.3, 0.4) is 0 Å². The minimum Gasteiger partial charge on any atom is -0.297 e. The molecular weight excluding hydrogens is 367 g/mol. The van der Waals surface area contributed by atoms with Crippen LogP contribution in [0, 0.1) is 3.57 Å². The van der Waals surface area contributed by atoms with Crippen molar-refractivity contribution in [3.05, 3.63) is 27.8 Å². The molecule has 18 heavy (non-hydrogen) atoms. The van der Waals surface area contributed by atoms with Gasteiger partial charge in [0.1, 0.15) is 0 Å². The van der Waals surface area contributed by atoms with Gasteiger partial charge in [0.05, 0.1) is 0 Å². The maximum atomic E-state index is 11.4. The van der Waals surface area contributed by atoms with Crippen molar-refractivity contribution >= 4 is 32.6 Å². The molecule has 8 heteroatoms. The first kappa shape index (κ1) is 13.4. The van der Waals surface area contributed by atoms with E-state index in [1.165, 1.54) is 4.57 Å². The summed E-state index contributed by atoms with van der Waals surface area (Å²) in [5.41, 5.74) is 0.805. The summed E-state index contributed by atoms with van der Waals surface area (Å²) >= 11 is 2.19. The van der Waals surface area contributed by atoms with Crippen molar-refractivity contribution in [1.29, 1.82) is 0 Å². The molecule has 2 N–H and O–H groups in total. The van der Waals surface area contributed by atoms with Crippen LogP contribution < -0.4 is 5.14 Å². The number of rotatable bonds is 3. The highest BCUT2D eigenvalue weighted by atomic mass is 127. The number of halogens is 1. The summed E-state index contributed by atoms with van der Waals surface area (Å²) in [6.07, 6.45) is 0. The third kappa shape index (κ3) is 2.54. The Morgan fingerprint density at radius 2 is 1.89 bits per heavy atom. The Morgan fingerprint density at radius 3 is 2.39 bits per heavy atom. The number of sulfonamides is 1. The number of nitrogens with two attached hydrogens (primary N) is 1. The highest BCUT2D eigenvalue weighted by Gasteiger charge is 2.20. The summed E-state index contributed by atoms with van der Waals surface area (Å²) in [6.45, 7) is 2.24. The Labute approximate surface area is 118 Å². The molecule has 0 bridgehead atoms. The molecular formula is C10H11IN4O2S. The van der Waals surface area contributed by atoms with Crippen molar-refractivity contribution in [3.63, 3.8) is 0 Å². The fourth-order valence-corrected chi connectivity index (χ4v) is 2.63. The van der Waals surface area contributed by atoms with Crippen molar-refractivity contribution in [2.75, 3.05) is 0 Å². The minimum atomic E-state index is -3.85. The number of hydrogen-bond donors (Lipinski definition) is 1. The first-order chi connectivity index (χ1) is 8.43. The van der Waals surface area contributed by atoms with Gasteiger partial charge in [0.15, 0.2) is 5.82 Å². The molecule has 2 aromatic rings. The molecule has 0 aliphatic rings. The molecule has 0 unspecified atom stereocenters. The molecule has 0 radical (unpaired) electrons. The molecule has 6 nitrogen and oxygen atoms in total. The van der Waals surface area contributed by atoms with Crippen LogP contribution in [0.25, 0.3) is 11.4 Å². The van der Waals surface area contributed by atoms with Crippen molar-refractivity contribution in [2.24, 2.45) is 5.14 Å². The second-order valence-electron chi connectivity index (χ2n) is 3.60. The van der Waals surface area contributed by atoms with Gasteiger partial charge in [-0.25, -0.2) is 13.6 Å².